The standard InChI is InChI=1S/C36H42N2O9/c1-34-13-11-22(39)16-21(34)7-8-24-25-12-14-36(46,35(25,2)17-28(40)32(24)34)29(41)19-47-31(43)10-9-30(42)38-27(33(44)45)15-20-18-37-26-6-4-3-5-23(20)26/h3-6,16,18,24-25,27,32,37,46H,7-15,17,19H2,1-2H3,(H,38,42)(H,44,45)/t24-,25+,27+,32+,34+,35+,36+/m1/s1. The number of esters is 1. The molecule has 0 unspecified atom stereocenters. The topological polar surface area (TPSA) is 180 Å². The number of aromatic amines is 1. The predicted molar refractivity (Wildman–Crippen MR) is 169 cm³/mol. The number of hydrogen-bond acceptors (Lipinski definition) is 8. The second-order valence-corrected chi connectivity index (χ2v) is 14.4. The van der Waals surface area contributed by atoms with Crippen LogP contribution in [-0.4, -0.2) is 68.6 Å². The van der Waals surface area contributed by atoms with Crippen LogP contribution in [0.3, 0.4) is 0 Å². The Kier molecular flexibility index (Phi) is 8.48. The molecule has 3 saturated carbocycles. The van der Waals surface area contributed by atoms with Crippen LogP contribution >= 0.6 is 0 Å². The molecule has 4 aliphatic carbocycles. The van der Waals surface area contributed by atoms with Crippen LogP contribution < -0.4 is 5.32 Å². The quantitative estimate of drug-likeness (QED) is 0.281. The van der Waals surface area contributed by atoms with Crippen molar-refractivity contribution in [2.24, 2.45) is 28.6 Å². The van der Waals surface area contributed by atoms with Gasteiger partial charge in [0, 0.05) is 54.1 Å². The zero-order chi connectivity index (χ0) is 33.7. The SMILES string of the molecule is C[C@]12CCC(=O)C=C1CC[C@H]1[C@H]2C(=O)C[C@@]2(C)[C@H]1CC[C@]2(O)C(=O)COC(=O)CCC(=O)N[C@@H](Cc1c[nH]c2ccccc12)C(=O)O. The zero-order valence-corrected chi connectivity index (χ0v) is 26.8. The number of fused-ring (bicyclic) bond motifs is 6. The first-order chi connectivity index (χ1) is 22.3. The maximum atomic E-state index is 13.8. The van der Waals surface area contributed by atoms with Crippen molar-refractivity contribution in [3.63, 3.8) is 0 Å². The largest absolute Gasteiger partial charge is 0.480 e. The number of ketones is 3. The number of benzene rings is 1. The smallest absolute Gasteiger partial charge is 0.326 e. The molecule has 4 aliphatic rings. The lowest BCUT2D eigenvalue weighted by Crippen LogP contribution is -2.61. The molecule has 11 heteroatoms. The first kappa shape index (κ1) is 32.8. The van der Waals surface area contributed by atoms with E-state index in [1.165, 1.54) is 0 Å². The summed E-state index contributed by atoms with van der Waals surface area (Å²) in [6.45, 7) is 3.20. The van der Waals surface area contributed by atoms with Gasteiger partial charge in [0.1, 0.15) is 17.4 Å². The molecule has 1 aromatic carbocycles. The van der Waals surface area contributed by atoms with E-state index in [-0.39, 0.29) is 66.8 Å². The zero-order valence-electron chi connectivity index (χ0n) is 26.8. The summed E-state index contributed by atoms with van der Waals surface area (Å²) in [5.41, 5.74) is -0.613. The minimum atomic E-state index is -1.84. The van der Waals surface area contributed by atoms with Gasteiger partial charge in [-0.05, 0) is 67.1 Å². The van der Waals surface area contributed by atoms with Crippen LogP contribution in [0.4, 0.5) is 0 Å². The number of amides is 1. The van der Waals surface area contributed by atoms with E-state index in [9.17, 15) is 39.0 Å². The van der Waals surface area contributed by atoms with E-state index < -0.39 is 47.3 Å². The Balaban J connectivity index is 1.03. The van der Waals surface area contributed by atoms with Gasteiger partial charge in [-0.15, -0.1) is 0 Å². The Hall–Kier alpha value is -4.12. The third kappa shape index (κ3) is 5.62. The molecule has 7 atom stereocenters. The Morgan fingerprint density at radius 3 is 2.60 bits per heavy atom. The number of para-hydroxylation sites is 1. The summed E-state index contributed by atoms with van der Waals surface area (Å²) in [4.78, 5) is 79.5. The minimum absolute atomic E-state index is 0.00918. The van der Waals surface area contributed by atoms with Crippen molar-refractivity contribution < 1.29 is 43.7 Å². The van der Waals surface area contributed by atoms with Crippen LogP contribution in [-0.2, 0) is 39.9 Å². The molecule has 0 bridgehead atoms. The van der Waals surface area contributed by atoms with Crippen molar-refractivity contribution in [1.29, 1.82) is 0 Å². The highest BCUT2D eigenvalue weighted by molar-refractivity contribution is 5.95. The van der Waals surface area contributed by atoms with Crippen LogP contribution in [0, 0.1) is 28.6 Å². The van der Waals surface area contributed by atoms with E-state index in [1.807, 2.05) is 24.3 Å². The highest BCUT2D eigenvalue weighted by Crippen LogP contribution is 2.66. The summed E-state index contributed by atoms with van der Waals surface area (Å²) in [5.74, 6) is -3.57. The maximum absolute atomic E-state index is 13.8. The molecule has 1 aromatic heterocycles. The normalized spacial score (nSPS) is 32.1. The van der Waals surface area contributed by atoms with Crippen LogP contribution in [0.25, 0.3) is 10.9 Å². The number of allylic oxidation sites excluding steroid dienone is 1. The van der Waals surface area contributed by atoms with Gasteiger partial charge in [0.15, 0.2) is 12.4 Å². The third-order valence-corrected chi connectivity index (χ3v) is 11.9. The minimum Gasteiger partial charge on any atom is -0.480 e. The van der Waals surface area contributed by atoms with E-state index in [2.05, 4.69) is 17.2 Å². The van der Waals surface area contributed by atoms with Crippen molar-refractivity contribution in [3.8, 4) is 0 Å². The molecule has 11 nitrogen and oxygen atoms in total. The molecule has 0 aliphatic heterocycles. The van der Waals surface area contributed by atoms with Crippen molar-refractivity contribution in [3.05, 3.63) is 47.7 Å². The number of carbonyl (C=O) groups is 6. The molecular formula is C36H42N2O9. The predicted octanol–water partition coefficient (Wildman–Crippen LogP) is 3.61. The van der Waals surface area contributed by atoms with Crippen LogP contribution in [0.15, 0.2) is 42.1 Å². The number of aliphatic carboxylic acids is 1. The Labute approximate surface area is 272 Å². The average molecular weight is 647 g/mol. The van der Waals surface area contributed by atoms with Gasteiger partial charge in [0.05, 0.1) is 6.42 Å². The number of aromatic nitrogens is 1. The van der Waals surface area contributed by atoms with Gasteiger partial charge in [0.2, 0.25) is 11.7 Å². The molecule has 6 rings (SSSR count). The van der Waals surface area contributed by atoms with Gasteiger partial charge in [-0.3, -0.25) is 24.0 Å². The lowest BCUT2D eigenvalue weighted by molar-refractivity contribution is -0.173. The van der Waals surface area contributed by atoms with Crippen molar-refractivity contribution >= 4 is 46.1 Å². The Morgan fingerprint density at radius 1 is 1.06 bits per heavy atom. The van der Waals surface area contributed by atoms with E-state index >= 15 is 0 Å². The van der Waals surface area contributed by atoms with E-state index in [4.69, 9.17) is 4.74 Å². The van der Waals surface area contributed by atoms with Gasteiger partial charge < -0.3 is 25.3 Å². The molecule has 0 spiro atoms. The highest BCUT2D eigenvalue weighted by atomic mass is 16.5. The number of carbonyl (C=O) groups excluding carboxylic acids is 5. The van der Waals surface area contributed by atoms with Crippen molar-refractivity contribution in [1.82, 2.24) is 10.3 Å². The van der Waals surface area contributed by atoms with E-state index in [0.717, 1.165) is 34.9 Å². The number of hydrogen-bond donors (Lipinski definition) is 4. The van der Waals surface area contributed by atoms with E-state index in [0.29, 0.717) is 19.3 Å². The third-order valence-electron chi connectivity index (χ3n) is 11.9. The van der Waals surface area contributed by atoms with Crippen LogP contribution in [0.5, 0.6) is 0 Å². The molecule has 0 saturated heterocycles. The molecule has 0 radical (unpaired) electrons. The first-order valence-corrected chi connectivity index (χ1v) is 16.5. The second-order valence-electron chi connectivity index (χ2n) is 14.4. The van der Waals surface area contributed by atoms with Gasteiger partial charge in [-0.25, -0.2) is 4.79 Å². The Morgan fingerprint density at radius 2 is 1.83 bits per heavy atom. The molecule has 4 N–H and O–H groups in total. The Bertz CT molecular complexity index is 1690. The summed E-state index contributed by atoms with van der Waals surface area (Å²) in [7, 11) is 0. The molecule has 250 valence electrons. The first-order valence-electron chi connectivity index (χ1n) is 16.5. The van der Waals surface area contributed by atoms with Gasteiger partial charge >= 0.3 is 11.9 Å². The number of nitrogens with one attached hydrogen (secondary N) is 2. The maximum Gasteiger partial charge on any atom is 0.326 e. The van der Waals surface area contributed by atoms with E-state index in [1.54, 1.807) is 19.2 Å². The number of H-pyrrole nitrogens is 1. The molecule has 3 fully saturated rings. The number of Topliss-reactive ketones (excluding diaryl/α,β-unsaturated/α-hetero) is 2. The second kappa shape index (κ2) is 12.2. The van der Waals surface area contributed by atoms with Crippen LogP contribution in [0.1, 0.15) is 77.2 Å². The summed E-state index contributed by atoms with van der Waals surface area (Å²) < 4.78 is 5.20. The summed E-state index contributed by atoms with van der Waals surface area (Å²) in [5, 5.41) is 24.8. The monoisotopic (exact) mass is 646 g/mol. The average Bonchev–Trinajstić information content (AvgIpc) is 3.56. The summed E-state index contributed by atoms with van der Waals surface area (Å²) in [6.07, 6.45) is 6.00. The molecule has 2 aromatic rings. The lowest BCUT2D eigenvalue weighted by Gasteiger charge is -2.57. The molecule has 1 amide bonds. The summed E-state index contributed by atoms with van der Waals surface area (Å²) >= 11 is 0. The number of aliphatic hydroxyl groups is 1. The summed E-state index contributed by atoms with van der Waals surface area (Å²) in [6, 6.07) is 6.20. The fraction of sp³-hybridized carbons (Fsp3) is 0.556. The lowest BCUT2D eigenvalue weighted by atomic mass is 9.46. The molecule has 1 heterocycles. The van der Waals surface area contributed by atoms with Gasteiger partial charge in [-0.2, -0.15) is 0 Å². The highest BCUT2D eigenvalue weighted by Gasteiger charge is 2.68. The molecule has 47 heavy (non-hydrogen) atoms. The van der Waals surface area contributed by atoms with Gasteiger partial charge in [-0.1, -0.05) is 37.6 Å². The number of carboxylic acids is 1. The fourth-order valence-corrected chi connectivity index (χ4v) is 9.39. The van der Waals surface area contributed by atoms with Crippen molar-refractivity contribution in [2.75, 3.05) is 6.61 Å². The van der Waals surface area contributed by atoms with Crippen molar-refractivity contribution in [2.45, 2.75) is 89.7 Å². The fourth-order valence-electron chi connectivity index (χ4n) is 9.39. The molecular weight excluding hydrogens is 604 g/mol. The van der Waals surface area contributed by atoms with Gasteiger partial charge in [0.25, 0.3) is 0 Å². The number of carboxylic acid groups (broad SMARTS) is 1. The number of ether oxygens (including phenoxy) is 1. The number of rotatable bonds is 10. The van der Waals surface area contributed by atoms with Crippen LogP contribution in [0.2, 0.25) is 0 Å².